The van der Waals surface area contributed by atoms with Crippen LogP contribution in [0, 0.1) is 23.7 Å². The molecule has 0 saturated heterocycles. The minimum absolute atomic E-state index is 0.676. The van der Waals surface area contributed by atoms with Crippen LogP contribution in [0.5, 0.6) is 0 Å². The van der Waals surface area contributed by atoms with Crippen molar-refractivity contribution in [3.05, 3.63) is 0 Å². The Balaban J connectivity index is -0.000000683. The predicted octanol–water partition coefficient (Wildman–Crippen LogP) is 11.8. The first-order valence-corrected chi connectivity index (χ1v) is 21.7. The molecule has 0 amide bonds. The molecule has 0 spiro atoms. The molecular weight excluding hydrogens is 693 g/mol. The van der Waals surface area contributed by atoms with Crippen molar-refractivity contribution < 1.29 is 18.0 Å². The maximum absolute atomic E-state index is 5.32. The Bertz CT molecular complexity index is 524. The third-order valence-corrected chi connectivity index (χ3v) is 9.64. The Morgan fingerprint density at radius 3 is 0.786 bits per heavy atom. The quantitative estimate of drug-likeness (QED) is 0.0542. The van der Waals surface area contributed by atoms with E-state index >= 15 is 0 Å². The van der Waals surface area contributed by atoms with Crippen molar-refractivity contribution in [2.24, 2.45) is 23.7 Å². The number of nitrogens with zero attached hydrogens (tertiary/aromatic N) is 2. The molecule has 4 atom stereocenters. The first-order valence-electron chi connectivity index (χ1n) is 17.3. The third kappa shape index (κ3) is 27.4. The van der Waals surface area contributed by atoms with Crippen LogP contribution in [0.3, 0.4) is 0 Å². The molecule has 8 heteroatoms. The van der Waals surface area contributed by atoms with Crippen LogP contribution in [-0.2, 0) is 43.3 Å². The molecule has 0 aromatic rings. The van der Waals surface area contributed by atoms with Crippen LogP contribution in [0.1, 0.15) is 158 Å². The summed E-state index contributed by atoms with van der Waals surface area (Å²) < 4.78 is 1.35. The number of hydrogen-bond acceptors (Lipinski definition) is 5. The zero-order valence-electron chi connectivity index (χ0n) is 28.8. The van der Waals surface area contributed by atoms with Crippen LogP contribution in [0.15, 0.2) is 0 Å². The summed E-state index contributed by atoms with van der Waals surface area (Å²) in [6.07, 6.45) is 20.6. The summed E-state index contributed by atoms with van der Waals surface area (Å²) in [4.78, 5) is 4.61. The summed E-state index contributed by atoms with van der Waals surface area (Å²) in [5.74, 6) is 3.00. The molecular formula is C34H68MoN2S5. The van der Waals surface area contributed by atoms with Crippen molar-refractivity contribution in [1.82, 2.24) is 9.80 Å². The van der Waals surface area contributed by atoms with Crippen LogP contribution in [0.2, 0.25) is 0 Å². The van der Waals surface area contributed by atoms with Crippen molar-refractivity contribution in [2.75, 3.05) is 26.2 Å². The van der Waals surface area contributed by atoms with E-state index in [-0.39, 0.29) is 0 Å². The van der Waals surface area contributed by atoms with E-state index in [4.69, 9.17) is 49.7 Å². The maximum atomic E-state index is 5.32. The van der Waals surface area contributed by atoms with Gasteiger partial charge in [-0.3, -0.25) is 0 Å². The van der Waals surface area contributed by atoms with Crippen LogP contribution in [0.25, 0.3) is 0 Å². The van der Waals surface area contributed by atoms with Crippen molar-refractivity contribution in [3.8, 4) is 0 Å². The van der Waals surface area contributed by atoms with Crippen molar-refractivity contribution in [2.45, 2.75) is 158 Å². The van der Waals surface area contributed by atoms with Gasteiger partial charge in [-0.2, -0.15) is 0 Å². The Morgan fingerprint density at radius 2 is 0.667 bits per heavy atom. The summed E-state index contributed by atoms with van der Waals surface area (Å²) in [6, 6.07) is 0. The molecule has 0 radical (unpaired) electrons. The Labute approximate surface area is 301 Å². The second-order valence-corrected chi connectivity index (χ2v) is 14.1. The Kier molecular flexibility index (Phi) is 39.6. The van der Waals surface area contributed by atoms with Gasteiger partial charge in [-0.25, -0.2) is 0 Å². The van der Waals surface area contributed by atoms with E-state index in [0.29, 0.717) is 8.64 Å². The molecule has 0 aliphatic heterocycles. The molecule has 0 fully saturated rings. The molecule has 0 heterocycles. The van der Waals surface area contributed by atoms with Gasteiger partial charge in [0.2, 0.25) is 0 Å². The summed E-state index contributed by atoms with van der Waals surface area (Å²) >= 11 is 22.8. The van der Waals surface area contributed by atoms with Gasteiger partial charge in [-0.15, -0.1) is 0 Å². The molecule has 2 nitrogen and oxygen atoms in total. The fourth-order valence-electron chi connectivity index (χ4n) is 5.36. The average Bonchev–Trinajstić information content (AvgIpc) is 3.00. The van der Waals surface area contributed by atoms with E-state index < -0.39 is 0 Å². The van der Waals surface area contributed by atoms with Gasteiger partial charge in [-0.1, -0.05) is 141 Å². The standard InChI is InChI=1S/2C17H35NS2.Mo.S/c2*1-5-9-11-15(7-3)13-18(17(19)20)14-16(8-4)12-10-6-2;;/h2*15-16H,5-14H2,1-4H3,(H,19,20);;/q;;+2;/p-2. The molecule has 0 saturated carbocycles. The van der Waals surface area contributed by atoms with E-state index in [2.05, 4.69) is 75.0 Å². The zero-order valence-corrected chi connectivity index (χ0v) is 34.9. The number of hydrogen-bond donors (Lipinski definition) is 0. The summed E-state index contributed by atoms with van der Waals surface area (Å²) in [5, 5.41) is 0. The minimum atomic E-state index is 0.676. The molecule has 0 rings (SSSR count). The number of unbranched alkanes of at least 4 members (excludes halogenated alkanes) is 4. The first kappa shape index (κ1) is 47.5. The second kappa shape index (κ2) is 35.0. The van der Waals surface area contributed by atoms with Crippen molar-refractivity contribution in [1.29, 1.82) is 0 Å². The molecule has 0 aromatic heterocycles. The Hall–Kier alpha value is 1.13. The Morgan fingerprint density at radius 1 is 0.476 bits per heavy atom. The van der Waals surface area contributed by atoms with Gasteiger partial charge < -0.3 is 59.5 Å². The predicted molar refractivity (Wildman–Crippen MR) is 204 cm³/mol. The normalized spacial score (nSPS) is 13.4. The van der Waals surface area contributed by atoms with Gasteiger partial charge in [0, 0.05) is 26.2 Å². The SMILES string of the molecule is CCCCC(CC)CN(CC(CC)CCCC)C(=S)[S-].CCCCC(CC)CN(CC(CC)CCCC)C(=S)[S-].[S]=[Mo+2]. The van der Waals surface area contributed by atoms with Gasteiger partial charge in [0.05, 0.1) is 0 Å². The summed E-state index contributed by atoms with van der Waals surface area (Å²) in [5.41, 5.74) is 0. The van der Waals surface area contributed by atoms with E-state index in [1.807, 2.05) is 0 Å². The van der Waals surface area contributed by atoms with Crippen LogP contribution < -0.4 is 0 Å². The molecule has 0 aliphatic carbocycles. The molecule has 42 heavy (non-hydrogen) atoms. The van der Waals surface area contributed by atoms with Crippen molar-refractivity contribution >= 4 is 68.2 Å². The molecule has 0 aromatic carbocycles. The monoisotopic (exact) mass is 762 g/mol. The third-order valence-electron chi connectivity index (χ3n) is 8.60. The summed E-state index contributed by atoms with van der Waals surface area (Å²) in [6.45, 7) is 22.5. The number of rotatable bonds is 24. The molecule has 0 aliphatic rings. The first-order chi connectivity index (χ1) is 20.2. The van der Waals surface area contributed by atoms with E-state index in [1.54, 1.807) is 0 Å². The van der Waals surface area contributed by atoms with Crippen LogP contribution in [-0.4, -0.2) is 44.6 Å². The summed E-state index contributed by atoms with van der Waals surface area (Å²) in [7, 11) is 4.09. The van der Waals surface area contributed by atoms with Gasteiger partial charge in [0.15, 0.2) is 0 Å². The van der Waals surface area contributed by atoms with E-state index in [0.717, 1.165) is 49.9 Å². The van der Waals surface area contributed by atoms with Crippen molar-refractivity contribution in [3.63, 3.8) is 0 Å². The molecule has 0 bridgehead atoms. The van der Waals surface area contributed by atoms with E-state index in [9.17, 15) is 0 Å². The fourth-order valence-corrected chi connectivity index (χ4v) is 5.96. The fraction of sp³-hybridized carbons (Fsp3) is 0.941. The van der Waals surface area contributed by atoms with Gasteiger partial charge in [0.25, 0.3) is 0 Å². The second-order valence-electron chi connectivity index (χ2n) is 12.0. The average molecular weight is 761 g/mol. The van der Waals surface area contributed by atoms with E-state index in [1.165, 1.54) is 121 Å². The van der Waals surface area contributed by atoms with Gasteiger partial charge >= 0.3 is 27.8 Å². The van der Waals surface area contributed by atoms with Gasteiger partial charge in [-0.05, 0) is 49.4 Å². The molecule has 4 unspecified atom stereocenters. The van der Waals surface area contributed by atoms with Gasteiger partial charge in [0.1, 0.15) is 0 Å². The van der Waals surface area contributed by atoms with Crippen LogP contribution >= 0.6 is 34.3 Å². The zero-order chi connectivity index (χ0) is 32.8. The molecule has 250 valence electrons. The molecule has 0 N–H and O–H groups in total. The van der Waals surface area contributed by atoms with Crippen LogP contribution in [0.4, 0.5) is 0 Å². The number of thiocarbonyl (C=S) groups is 2. The topological polar surface area (TPSA) is 6.48 Å².